The number of phenols is 1. The van der Waals surface area contributed by atoms with Gasteiger partial charge < -0.3 is 9.84 Å². The lowest BCUT2D eigenvalue weighted by atomic mass is 10.0. The number of hydrogen-bond donors (Lipinski definition) is 1. The molecule has 1 rings (SSSR count). The highest BCUT2D eigenvalue weighted by Crippen LogP contribution is 2.36. The van der Waals surface area contributed by atoms with Gasteiger partial charge in [-0.25, -0.2) is 0 Å². The highest BCUT2D eigenvalue weighted by Gasteiger charge is 2.11. The first-order valence-corrected chi connectivity index (χ1v) is 12.0. The fourth-order valence-electron chi connectivity index (χ4n) is 3.67. The van der Waals surface area contributed by atoms with Crippen molar-refractivity contribution in [2.24, 2.45) is 0 Å². The molecule has 1 N–H and O–H groups in total. The first kappa shape index (κ1) is 24.3. The zero-order valence-electron chi connectivity index (χ0n) is 17.7. The third kappa shape index (κ3) is 11.0. The predicted octanol–water partition coefficient (Wildman–Crippen LogP) is 8.58. The van der Waals surface area contributed by atoms with Crippen LogP contribution in [0.5, 0.6) is 11.5 Å². The average Bonchev–Trinajstić information content (AvgIpc) is 2.67. The van der Waals surface area contributed by atoms with Gasteiger partial charge in [0.25, 0.3) is 0 Å². The van der Waals surface area contributed by atoms with Crippen LogP contribution in [0.1, 0.15) is 109 Å². The van der Waals surface area contributed by atoms with Gasteiger partial charge in [0.15, 0.2) is 11.5 Å². The normalized spacial score (nSPS) is 11.1. The molecule has 0 amide bonds. The summed E-state index contributed by atoms with van der Waals surface area (Å²) in [6.07, 6.45) is 21.5. The first-order valence-electron chi connectivity index (χ1n) is 11.2. The number of rotatable bonds is 17. The van der Waals surface area contributed by atoms with Gasteiger partial charge in [0.1, 0.15) is 0 Å². The molecule has 1 aromatic carbocycles. The summed E-state index contributed by atoms with van der Waals surface area (Å²) in [5.41, 5.74) is 0.976. The Labute approximate surface area is 176 Å². The number of aromatic hydroxyl groups is 1. The molecule has 0 aliphatic rings. The van der Waals surface area contributed by atoms with Gasteiger partial charge in [0.2, 0.25) is 0 Å². The van der Waals surface area contributed by atoms with Crippen molar-refractivity contribution in [1.29, 1.82) is 0 Å². The van der Waals surface area contributed by atoms with Crippen molar-refractivity contribution in [3.05, 3.63) is 22.2 Å². The SMILES string of the molecule is CCCCCCCCCCCCCCCCCc1c(Br)ccc(OC)c1O. The fourth-order valence-corrected chi connectivity index (χ4v) is 4.18. The van der Waals surface area contributed by atoms with Crippen LogP contribution >= 0.6 is 15.9 Å². The van der Waals surface area contributed by atoms with E-state index in [1.165, 1.54) is 89.9 Å². The zero-order valence-corrected chi connectivity index (χ0v) is 19.3. The zero-order chi connectivity index (χ0) is 19.7. The molecule has 0 saturated heterocycles. The average molecular weight is 441 g/mol. The van der Waals surface area contributed by atoms with Gasteiger partial charge in [-0.15, -0.1) is 0 Å². The smallest absolute Gasteiger partial charge is 0.162 e. The standard InChI is InChI=1S/C24H41BrO2/c1-3-4-5-6-7-8-9-10-11-12-13-14-15-16-17-18-21-22(25)19-20-23(27-2)24(21)26/h19-20,26H,3-18H2,1-2H3. The molecule has 2 nitrogen and oxygen atoms in total. The van der Waals surface area contributed by atoms with Crippen molar-refractivity contribution in [3.8, 4) is 11.5 Å². The van der Waals surface area contributed by atoms with Gasteiger partial charge in [-0.2, -0.15) is 0 Å². The van der Waals surface area contributed by atoms with Crippen LogP contribution in [-0.2, 0) is 6.42 Å². The molecule has 0 radical (unpaired) electrons. The maximum absolute atomic E-state index is 10.2. The van der Waals surface area contributed by atoms with E-state index in [4.69, 9.17) is 4.74 Å². The van der Waals surface area contributed by atoms with Gasteiger partial charge in [-0.1, -0.05) is 113 Å². The van der Waals surface area contributed by atoms with E-state index in [0.29, 0.717) is 5.75 Å². The van der Waals surface area contributed by atoms with E-state index in [2.05, 4.69) is 22.9 Å². The minimum absolute atomic E-state index is 0.289. The lowest BCUT2D eigenvalue weighted by Gasteiger charge is -2.11. The third-order valence-corrected chi connectivity index (χ3v) is 6.18. The van der Waals surface area contributed by atoms with Crippen molar-refractivity contribution in [2.45, 2.75) is 110 Å². The molecule has 27 heavy (non-hydrogen) atoms. The molecule has 0 aliphatic heterocycles. The molecule has 0 fully saturated rings. The number of benzene rings is 1. The molecule has 0 aliphatic carbocycles. The number of methoxy groups -OCH3 is 1. The summed E-state index contributed by atoms with van der Waals surface area (Å²) in [5, 5.41) is 10.2. The van der Waals surface area contributed by atoms with E-state index in [1.54, 1.807) is 13.2 Å². The van der Waals surface area contributed by atoms with Crippen LogP contribution in [0.2, 0.25) is 0 Å². The summed E-state index contributed by atoms with van der Waals surface area (Å²) in [4.78, 5) is 0. The van der Waals surface area contributed by atoms with Crippen LogP contribution < -0.4 is 4.74 Å². The third-order valence-electron chi connectivity index (χ3n) is 5.44. The van der Waals surface area contributed by atoms with Gasteiger partial charge in [0.05, 0.1) is 7.11 Å². The first-order chi connectivity index (χ1) is 13.2. The van der Waals surface area contributed by atoms with Gasteiger partial charge in [-0.05, 0) is 25.0 Å². The summed E-state index contributed by atoms with van der Waals surface area (Å²) in [6, 6.07) is 3.76. The van der Waals surface area contributed by atoms with E-state index >= 15 is 0 Å². The van der Waals surface area contributed by atoms with Crippen LogP contribution in [0.4, 0.5) is 0 Å². The quantitative estimate of drug-likeness (QED) is 0.245. The minimum Gasteiger partial charge on any atom is -0.504 e. The number of hydrogen-bond acceptors (Lipinski definition) is 2. The topological polar surface area (TPSA) is 29.5 Å². The van der Waals surface area contributed by atoms with Crippen molar-refractivity contribution < 1.29 is 9.84 Å². The Hall–Kier alpha value is -0.700. The lowest BCUT2D eigenvalue weighted by molar-refractivity contribution is 0.370. The molecule has 3 heteroatoms. The molecule has 0 aromatic heterocycles. The summed E-state index contributed by atoms with van der Waals surface area (Å²) in [7, 11) is 1.60. The Balaban J connectivity index is 1.94. The number of halogens is 1. The predicted molar refractivity (Wildman–Crippen MR) is 121 cm³/mol. The molecule has 0 atom stereocenters. The molecular weight excluding hydrogens is 400 g/mol. The Morgan fingerprint density at radius 2 is 1.19 bits per heavy atom. The van der Waals surface area contributed by atoms with E-state index in [9.17, 15) is 5.11 Å². The number of phenolic OH excluding ortho intramolecular Hbond substituents is 1. The van der Waals surface area contributed by atoms with Crippen molar-refractivity contribution >= 4 is 15.9 Å². The fraction of sp³-hybridized carbons (Fsp3) is 0.750. The van der Waals surface area contributed by atoms with Crippen LogP contribution in [0, 0.1) is 0 Å². The van der Waals surface area contributed by atoms with Crippen LogP contribution in [0.25, 0.3) is 0 Å². The summed E-state index contributed by atoms with van der Waals surface area (Å²) in [6.45, 7) is 2.28. The van der Waals surface area contributed by atoms with E-state index in [1.807, 2.05) is 6.07 Å². The molecule has 0 bridgehead atoms. The lowest BCUT2D eigenvalue weighted by Crippen LogP contribution is -1.92. The number of unbranched alkanes of at least 4 members (excludes halogenated alkanes) is 14. The highest BCUT2D eigenvalue weighted by atomic mass is 79.9. The summed E-state index contributed by atoms with van der Waals surface area (Å²) < 4.78 is 6.18. The largest absolute Gasteiger partial charge is 0.504 e. The van der Waals surface area contributed by atoms with Crippen molar-refractivity contribution in [2.75, 3.05) is 7.11 Å². The second kappa shape index (κ2) is 16.3. The summed E-state index contributed by atoms with van der Waals surface area (Å²) >= 11 is 3.54. The van der Waals surface area contributed by atoms with Gasteiger partial charge >= 0.3 is 0 Å². The molecule has 0 unspecified atom stereocenters. The van der Waals surface area contributed by atoms with E-state index < -0.39 is 0 Å². The van der Waals surface area contributed by atoms with E-state index in [0.717, 1.165) is 22.9 Å². The maximum Gasteiger partial charge on any atom is 0.162 e. The molecule has 0 saturated carbocycles. The second-order valence-electron chi connectivity index (χ2n) is 7.78. The summed E-state index contributed by atoms with van der Waals surface area (Å²) in [5.74, 6) is 0.853. The minimum atomic E-state index is 0.289. The second-order valence-corrected chi connectivity index (χ2v) is 8.63. The van der Waals surface area contributed by atoms with Crippen molar-refractivity contribution in [1.82, 2.24) is 0 Å². The Morgan fingerprint density at radius 3 is 1.63 bits per heavy atom. The Kier molecular flexibility index (Phi) is 14.7. The van der Waals surface area contributed by atoms with Crippen LogP contribution in [0.15, 0.2) is 16.6 Å². The van der Waals surface area contributed by atoms with Gasteiger partial charge in [-0.3, -0.25) is 0 Å². The molecule has 156 valence electrons. The van der Waals surface area contributed by atoms with Gasteiger partial charge in [0, 0.05) is 10.0 Å². The highest BCUT2D eigenvalue weighted by molar-refractivity contribution is 9.10. The molecular formula is C24H41BrO2. The number of ether oxygens (including phenoxy) is 1. The molecule has 0 heterocycles. The molecule has 0 spiro atoms. The molecule has 1 aromatic rings. The van der Waals surface area contributed by atoms with Crippen molar-refractivity contribution in [3.63, 3.8) is 0 Å². The Bertz CT molecular complexity index is 488. The monoisotopic (exact) mass is 440 g/mol. The van der Waals surface area contributed by atoms with Crippen LogP contribution in [-0.4, -0.2) is 12.2 Å². The van der Waals surface area contributed by atoms with E-state index in [-0.39, 0.29) is 5.75 Å². The Morgan fingerprint density at radius 1 is 0.741 bits per heavy atom. The van der Waals surface area contributed by atoms with Crippen LogP contribution in [0.3, 0.4) is 0 Å². The maximum atomic E-state index is 10.2.